The van der Waals surface area contributed by atoms with Crippen molar-refractivity contribution in [3.63, 3.8) is 0 Å². The second-order valence-corrected chi connectivity index (χ2v) is 11.4. The number of sulfonamides is 1. The highest BCUT2D eigenvalue weighted by molar-refractivity contribution is 7.88. The van der Waals surface area contributed by atoms with Gasteiger partial charge in [-0.1, -0.05) is 19.8 Å². The fraction of sp³-hybridized carbons (Fsp3) is 0.900. The molecule has 0 heterocycles. The van der Waals surface area contributed by atoms with Crippen LogP contribution < -0.4 is 10.6 Å². The highest BCUT2D eigenvalue weighted by Gasteiger charge is 2.53. The molecule has 1 atom stereocenters. The molecule has 4 rings (SSSR count). The maximum atomic E-state index is 12.5. The summed E-state index contributed by atoms with van der Waals surface area (Å²) in [5.74, 6) is 2.33. The van der Waals surface area contributed by atoms with Gasteiger partial charge in [-0.3, -0.25) is 5.32 Å². The second kappa shape index (κ2) is 8.20. The number of hydrogen-bond acceptors (Lipinski definition) is 4. The monoisotopic (exact) mass is 413 g/mol. The number of nitrogens with one attached hydrogen (secondary N) is 2. The smallest absolute Gasteiger partial charge is 0.335 e. The van der Waals surface area contributed by atoms with E-state index >= 15 is 0 Å². The third kappa shape index (κ3) is 4.63. The molecule has 0 radical (unpaired) electrons. The lowest BCUT2D eigenvalue weighted by molar-refractivity contribution is -0.0681. The molecule has 28 heavy (non-hydrogen) atoms. The molecule has 0 aliphatic heterocycles. The van der Waals surface area contributed by atoms with Crippen molar-refractivity contribution in [3.05, 3.63) is 0 Å². The van der Waals surface area contributed by atoms with Gasteiger partial charge in [-0.2, -0.15) is 0 Å². The van der Waals surface area contributed by atoms with E-state index in [0.29, 0.717) is 6.42 Å². The molecule has 4 bridgehead atoms. The van der Waals surface area contributed by atoms with Crippen LogP contribution in [-0.4, -0.2) is 43.6 Å². The third-order valence-electron chi connectivity index (χ3n) is 7.16. The Hall–Kier alpha value is -1.31. The van der Waals surface area contributed by atoms with Gasteiger partial charge >= 0.3 is 12.1 Å². The molecule has 0 aromatic carbocycles. The summed E-state index contributed by atoms with van der Waals surface area (Å²) in [6, 6.07) is -1.49. The van der Waals surface area contributed by atoms with Crippen LogP contribution in [0.15, 0.2) is 0 Å². The van der Waals surface area contributed by atoms with Crippen molar-refractivity contribution >= 4 is 22.1 Å². The number of carbonyl (C=O) groups excluding carboxylic acids is 2. The van der Waals surface area contributed by atoms with E-state index in [1.54, 1.807) is 0 Å². The first-order valence-electron chi connectivity index (χ1n) is 10.7. The van der Waals surface area contributed by atoms with Crippen LogP contribution >= 0.6 is 0 Å². The first-order valence-corrected chi connectivity index (χ1v) is 12.6. The molecule has 160 valence electrons. The molecule has 0 saturated heterocycles. The molecule has 4 amide bonds. The minimum absolute atomic E-state index is 0.0273. The topological polar surface area (TPSA) is 95.6 Å². The Morgan fingerprint density at radius 1 is 1.07 bits per heavy atom. The lowest BCUT2D eigenvalue weighted by atomic mass is 9.48. The van der Waals surface area contributed by atoms with Crippen LogP contribution in [0.2, 0.25) is 0 Å². The van der Waals surface area contributed by atoms with E-state index in [4.69, 9.17) is 0 Å². The van der Waals surface area contributed by atoms with Crippen molar-refractivity contribution in [1.82, 2.24) is 14.9 Å². The quantitative estimate of drug-likeness (QED) is 0.625. The summed E-state index contributed by atoms with van der Waals surface area (Å²) in [6.07, 6.45) is 10.8. The van der Waals surface area contributed by atoms with Gasteiger partial charge in [0.05, 0.1) is 6.26 Å². The van der Waals surface area contributed by atoms with Crippen molar-refractivity contribution in [1.29, 1.82) is 0 Å². The van der Waals surface area contributed by atoms with Gasteiger partial charge in [-0.15, -0.1) is 0 Å². The van der Waals surface area contributed by atoms with Crippen molar-refractivity contribution in [2.24, 2.45) is 23.2 Å². The highest BCUT2D eigenvalue weighted by Crippen LogP contribution is 2.61. The minimum atomic E-state index is -3.71. The molecule has 4 saturated carbocycles. The average Bonchev–Trinajstić information content (AvgIpc) is 2.56. The van der Waals surface area contributed by atoms with E-state index in [2.05, 4.69) is 10.6 Å². The molecule has 0 aromatic heterocycles. The number of carbonyl (C=O) groups is 2. The number of rotatable bonds is 7. The first kappa shape index (κ1) is 21.4. The zero-order valence-corrected chi connectivity index (χ0v) is 18.2. The summed E-state index contributed by atoms with van der Waals surface area (Å²) in [6.45, 7) is 4.13. The van der Waals surface area contributed by atoms with Crippen molar-refractivity contribution in [2.75, 3.05) is 12.8 Å². The normalized spacial score (nSPS) is 32.0. The van der Waals surface area contributed by atoms with Gasteiger partial charge in [-0.05, 0) is 75.0 Å². The summed E-state index contributed by atoms with van der Waals surface area (Å²) in [5.41, 5.74) is 0.132. The lowest BCUT2D eigenvalue weighted by Crippen LogP contribution is -2.58. The maximum Gasteiger partial charge on any atom is 0.339 e. The van der Waals surface area contributed by atoms with Crippen molar-refractivity contribution in [3.8, 4) is 0 Å². The average molecular weight is 414 g/mol. The molecule has 4 aliphatic rings. The summed E-state index contributed by atoms with van der Waals surface area (Å²) in [4.78, 5) is 24.9. The highest BCUT2D eigenvalue weighted by atomic mass is 32.2. The van der Waals surface area contributed by atoms with E-state index in [-0.39, 0.29) is 18.0 Å². The zero-order chi connectivity index (χ0) is 20.5. The number of hydrogen-bond donors (Lipinski definition) is 2. The van der Waals surface area contributed by atoms with Gasteiger partial charge in [0.15, 0.2) is 0 Å². The van der Waals surface area contributed by atoms with Gasteiger partial charge in [0.1, 0.15) is 0 Å². The Bertz CT molecular complexity index is 671. The van der Waals surface area contributed by atoms with Gasteiger partial charge in [0.2, 0.25) is 10.0 Å². The number of amides is 4. The van der Waals surface area contributed by atoms with Gasteiger partial charge in [0, 0.05) is 12.6 Å². The Morgan fingerprint density at radius 2 is 1.61 bits per heavy atom. The molecule has 2 N–H and O–H groups in total. The second-order valence-electron chi connectivity index (χ2n) is 9.45. The van der Waals surface area contributed by atoms with E-state index in [0.717, 1.165) is 60.4 Å². The van der Waals surface area contributed by atoms with Crippen LogP contribution in [-0.2, 0) is 10.0 Å². The van der Waals surface area contributed by atoms with Crippen molar-refractivity contribution in [2.45, 2.75) is 77.7 Å². The number of urea groups is 2. The molecule has 4 fully saturated rings. The molecule has 0 unspecified atom stereocenters. The van der Waals surface area contributed by atoms with Crippen LogP contribution in [0, 0.1) is 23.2 Å². The summed E-state index contributed by atoms with van der Waals surface area (Å²) < 4.78 is 24.6. The van der Waals surface area contributed by atoms with Gasteiger partial charge in [-0.25, -0.2) is 22.3 Å². The maximum absolute atomic E-state index is 12.5. The number of imide groups is 1. The summed E-state index contributed by atoms with van der Waals surface area (Å²) >= 11 is 0. The fourth-order valence-electron chi connectivity index (χ4n) is 6.18. The van der Waals surface area contributed by atoms with Gasteiger partial charge in [0.25, 0.3) is 0 Å². The van der Waals surface area contributed by atoms with E-state index in [1.165, 1.54) is 19.3 Å². The SMILES string of the molecule is CCCCCN(C(=O)NC(=O)N[C@H](C)C12CC3CC(CC(C3)C1)C2)S(C)(=O)=O. The standard InChI is InChI=1S/C20H35N3O4S/c1-4-5-6-7-23(28(3,26)27)19(25)22-18(24)21-14(2)20-11-15-8-16(12-20)10-17(9-15)13-20/h14-17H,4-13H2,1-3H3,(H2,21,22,24,25)/t14-,15?,16?,17?,20?/m1/s1. The predicted octanol–water partition coefficient (Wildman–Crippen LogP) is 3.46. The molecule has 4 aliphatic carbocycles. The van der Waals surface area contributed by atoms with E-state index in [9.17, 15) is 18.0 Å². The molecule has 7 nitrogen and oxygen atoms in total. The number of unbranched alkanes of at least 4 members (excludes halogenated alkanes) is 2. The summed E-state index contributed by atoms with van der Waals surface area (Å²) in [5, 5.41) is 5.18. The van der Waals surface area contributed by atoms with Crippen LogP contribution in [0.3, 0.4) is 0 Å². The molecule has 0 spiro atoms. The zero-order valence-electron chi connectivity index (χ0n) is 17.4. The third-order valence-corrected chi connectivity index (χ3v) is 8.31. The van der Waals surface area contributed by atoms with Crippen LogP contribution in [0.25, 0.3) is 0 Å². The Morgan fingerprint density at radius 3 is 2.07 bits per heavy atom. The Balaban J connectivity index is 1.57. The fourth-order valence-corrected chi connectivity index (χ4v) is 6.98. The Kier molecular flexibility index (Phi) is 6.27. The largest absolute Gasteiger partial charge is 0.339 e. The van der Waals surface area contributed by atoms with E-state index < -0.39 is 22.1 Å². The summed E-state index contributed by atoms with van der Waals surface area (Å²) in [7, 11) is -3.71. The number of nitrogens with zero attached hydrogens (tertiary/aromatic N) is 1. The molecule has 8 heteroatoms. The molecular weight excluding hydrogens is 378 g/mol. The van der Waals surface area contributed by atoms with Gasteiger partial charge < -0.3 is 5.32 Å². The van der Waals surface area contributed by atoms with Crippen LogP contribution in [0.4, 0.5) is 9.59 Å². The lowest BCUT2D eigenvalue weighted by Gasteiger charge is -2.59. The predicted molar refractivity (Wildman–Crippen MR) is 108 cm³/mol. The van der Waals surface area contributed by atoms with Crippen LogP contribution in [0.1, 0.15) is 71.6 Å². The van der Waals surface area contributed by atoms with Crippen molar-refractivity contribution < 1.29 is 18.0 Å². The van der Waals surface area contributed by atoms with Crippen LogP contribution in [0.5, 0.6) is 0 Å². The first-order chi connectivity index (χ1) is 13.1. The molecule has 0 aromatic rings. The Labute approximate surface area is 169 Å². The van der Waals surface area contributed by atoms with E-state index in [1.807, 2.05) is 13.8 Å². The molecular formula is C20H35N3O4S. The minimum Gasteiger partial charge on any atom is -0.335 e.